The number of carboxylic acid groups (broad SMARTS) is 1. The van der Waals surface area contributed by atoms with Gasteiger partial charge in [-0.2, -0.15) is 0 Å². The van der Waals surface area contributed by atoms with E-state index in [0.29, 0.717) is 18.6 Å². The number of fused-ring (bicyclic) bond motifs is 2. The number of benzene rings is 1. The molecule has 1 aromatic rings. The van der Waals surface area contributed by atoms with Crippen molar-refractivity contribution < 1.29 is 38.6 Å². The number of ether oxygens (including phenoxy) is 2. The van der Waals surface area contributed by atoms with Crippen molar-refractivity contribution in [3.8, 4) is 0 Å². The monoisotopic (exact) mass is 624 g/mol. The number of carbonyl (C=O) groups is 4. The van der Waals surface area contributed by atoms with Crippen molar-refractivity contribution in [3.63, 3.8) is 0 Å². The number of carbonyl (C=O) groups excluding carboxylic acids is 3. The van der Waals surface area contributed by atoms with Crippen LogP contribution in [0.5, 0.6) is 0 Å². The number of carboxylic acids is 1. The topological polar surface area (TPSA) is 156 Å². The zero-order valence-electron chi connectivity index (χ0n) is 25.8. The Labute approximate surface area is 263 Å². The average Bonchev–Trinajstić information content (AvgIpc) is 3.33. The first-order chi connectivity index (χ1) is 21.8. The summed E-state index contributed by atoms with van der Waals surface area (Å²) in [5.41, 5.74) is -0.0615. The van der Waals surface area contributed by atoms with Crippen LogP contribution in [-0.4, -0.2) is 89.7 Å². The molecule has 0 spiro atoms. The Morgan fingerprint density at radius 3 is 2.56 bits per heavy atom. The number of rotatable bonds is 8. The van der Waals surface area contributed by atoms with Crippen LogP contribution in [0.2, 0.25) is 0 Å². The maximum absolute atomic E-state index is 14.1. The molecule has 2 aliphatic heterocycles. The third-order valence-corrected chi connectivity index (χ3v) is 9.19. The van der Waals surface area contributed by atoms with Crippen LogP contribution in [0.3, 0.4) is 0 Å². The van der Waals surface area contributed by atoms with Crippen molar-refractivity contribution in [3.05, 3.63) is 48.0 Å². The number of aliphatic carboxylic acids is 1. The van der Waals surface area contributed by atoms with Gasteiger partial charge in [0.05, 0.1) is 13.2 Å². The predicted octanol–water partition coefficient (Wildman–Crippen LogP) is 3.54. The molecule has 0 unspecified atom stereocenters. The van der Waals surface area contributed by atoms with Gasteiger partial charge in [-0.25, -0.2) is 9.59 Å². The van der Waals surface area contributed by atoms with Crippen molar-refractivity contribution in [2.24, 2.45) is 11.1 Å². The molecular formula is C33H44N4O8. The number of methoxy groups -OCH3 is 1. The number of alkyl carbamates (subject to hydrolysis) is 1. The molecule has 2 aliphatic carbocycles. The minimum absolute atomic E-state index is 0.0364. The molecule has 3 amide bonds. The first-order valence-corrected chi connectivity index (χ1v) is 16.1. The Hall–Kier alpha value is -3.93. The van der Waals surface area contributed by atoms with Crippen molar-refractivity contribution in [2.75, 3.05) is 20.3 Å². The molecule has 12 heteroatoms. The van der Waals surface area contributed by atoms with E-state index < -0.39 is 47.6 Å². The average molecular weight is 625 g/mol. The zero-order chi connectivity index (χ0) is 31.8. The second-order valence-corrected chi connectivity index (χ2v) is 12.5. The summed E-state index contributed by atoms with van der Waals surface area (Å²) in [7, 11) is 1.55. The molecule has 244 valence electrons. The highest BCUT2D eigenvalue weighted by atomic mass is 16.6. The maximum atomic E-state index is 14.1. The van der Waals surface area contributed by atoms with Gasteiger partial charge in [-0.15, -0.1) is 0 Å². The van der Waals surface area contributed by atoms with Gasteiger partial charge in [0, 0.05) is 25.0 Å². The van der Waals surface area contributed by atoms with E-state index in [1.807, 2.05) is 42.5 Å². The second-order valence-electron chi connectivity index (χ2n) is 12.5. The molecule has 3 fully saturated rings. The lowest BCUT2D eigenvalue weighted by atomic mass is 10.0. The fourth-order valence-corrected chi connectivity index (χ4v) is 6.54. The first kappa shape index (κ1) is 32.5. The van der Waals surface area contributed by atoms with Gasteiger partial charge in [-0.3, -0.25) is 9.59 Å². The van der Waals surface area contributed by atoms with Gasteiger partial charge in [-0.1, -0.05) is 60.5 Å². The van der Waals surface area contributed by atoms with Crippen LogP contribution in [0.25, 0.3) is 0 Å². The minimum atomic E-state index is -1.42. The van der Waals surface area contributed by atoms with E-state index in [1.54, 1.807) is 7.11 Å². The summed E-state index contributed by atoms with van der Waals surface area (Å²) in [4.78, 5) is 60.4. The van der Waals surface area contributed by atoms with Crippen LogP contribution < -0.4 is 10.6 Å². The number of hydrogen-bond donors (Lipinski definition) is 3. The standard InChI is InChI=1S/C33H44N4O8/c1-43-21-27(22-12-6-5-7-13-22)36-45-25-18-28-29(38)35-33(31(40)41)19-23(33)14-8-3-2-4-9-17-26(30(39)37(28)20-25)34-32(42)44-24-15-10-11-16-24/h5-8,12-14,23-26,28H,2-4,9-11,15-21H2,1H3,(H,34,42)(H,35,38)(H,40,41)/b14-8-,36-27+/t23-,25+,26+,28-,33-/m0/s1. The van der Waals surface area contributed by atoms with Crippen LogP contribution in [0.1, 0.15) is 76.2 Å². The van der Waals surface area contributed by atoms with Crippen LogP contribution in [0.4, 0.5) is 4.79 Å². The maximum Gasteiger partial charge on any atom is 0.408 e. The minimum Gasteiger partial charge on any atom is -0.479 e. The van der Waals surface area contributed by atoms with Crippen molar-refractivity contribution in [2.45, 2.75) is 100 Å². The molecule has 4 aliphatic rings. The van der Waals surface area contributed by atoms with Crippen LogP contribution in [0.15, 0.2) is 47.6 Å². The number of nitrogens with one attached hydrogen (secondary N) is 2. The second kappa shape index (κ2) is 14.9. The van der Waals surface area contributed by atoms with Gasteiger partial charge in [0.1, 0.15) is 35.5 Å². The zero-order valence-corrected chi connectivity index (χ0v) is 25.8. The summed E-state index contributed by atoms with van der Waals surface area (Å²) in [6.45, 7) is 0.225. The van der Waals surface area contributed by atoms with E-state index in [-0.39, 0.29) is 38.0 Å². The summed E-state index contributed by atoms with van der Waals surface area (Å²) in [5, 5.41) is 20.0. The van der Waals surface area contributed by atoms with E-state index in [1.165, 1.54) is 4.90 Å². The molecule has 1 aromatic carbocycles. The van der Waals surface area contributed by atoms with Gasteiger partial charge in [0.15, 0.2) is 0 Å². The Morgan fingerprint density at radius 1 is 1.07 bits per heavy atom. The van der Waals surface area contributed by atoms with Gasteiger partial charge in [0.25, 0.3) is 0 Å². The quantitative estimate of drug-likeness (QED) is 0.225. The largest absolute Gasteiger partial charge is 0.479 e. The Bertz CT molecular complexity index is 1280. The lowest BCUT2D eigenvalue weighted by Crippen LogP contribution is -2.56. The van der Waals surface area contributed by atoms with E-state index in [9.17, 15) is 24.3 Å². The number of hydrogen-bond acceptors (Lipinski definition) is 8. The fourth-order valence-electron chi connectivity index (χ4n) is 6.54. The third-order valence-electron chi connectivity index (χ3n) is 9.19. The van der Waals surface area contributed by atoms with Gasteiger partial charge >= 0.3 is 12.1 Å². The summed E-state index contributed by atoms with van der Waals surface area (Å²) >= 11 is 0. The van der Waals surface area contributed by atoms with Crippen LogP contribution >= 0.6 is 0 Å². The molecule has 5 rings (SSSR count). The summed E-state index contributed by atoms with van der Waals surface area (Å²) in [5.74, 6) is -2.43. The molecular weight excluding hydrogens is 580 g/mol. The number of nitrogens with zero attached hydrogens (tertiary/aromatic N) is 2. The van der Waals surface area contributed by atoms with E-state index in [0.717, 1.165) is 50.5 Å². The Morgan fingerprint density at radius 2 is 1.82 bits per heavy atom. The van der Waals surface area contributed by atoms with Crippen molar-refractivity contribution >= 4 is 29.6 Å². The highest BCUT2D eigenvalue weighted by Crippen LogP contribution is 2.45. The van der Waals surface area contributed by atoms with E-state index in [2.05, 4.69) is 15.8 Å². The van der Waals surface area contributed by atoms with Crippen molar-refractivity contribution in [1.82, 2.24) is 15.5 Å². The van der Waals surface area contributed by atoms with Crippen LogP contribution in [-0.2, 0) is 28.7 Å². The molecule has 0 radical (unpaired) electrons. The first-order valence-electron chi connectivity index (χ1n) is 16.1. The van der Waals surface area contributed by atoms with E-state index in [4.69, 9.17) is 14.3 Å². The fraction of sp³-hybridized carbons (Fsp3) is 0.606. The normalized spacial score (nSPS) is 30.2. The molecule has 2 heterocycles. The lowest BCUT2D eigenvalue weighted by Gasteiger charge is -2.29. The summed E-state index contributed by atoms with van der Waals surface area (Å²) in [6, 6.07) is 7.47. The molecule has 12 nitrogen and oxygen atoms in total. The molecule has 0 bridgehead atoms. The highest BCUT2D eigenvalue weighted by Gasteiger charge is 2.61. The van der Waals surface area contributed by atoms with Gasteiger partial charge in [0.2, 0.25) is 11.8 Å². The van der Waals surface area contributed by atoms with Crippen LogP contribution in [0, 0.1) is 5.92 Å². The number of allylic oxidation sites excluding steroid dienone is 1. The lowest BCUT2D eigenvalue weighted by molar-refractivity contribution is -0.145. The summed E-state index contributed by atoms with van der Waals surface area (Å²) < 4.78 is 10.9. The molecule has 5 atom stereocenters. The summed E-state index contributed by atoms with van der Waals surface area (Å²) in [6.07, 6.45) is 9.86. The van der Waals surface area contributed by atoms with E-state index >= 15 is 0 Å². The molecule has 2 saturated carbocycles. The molecule has 0 aromatic heterocycles. The highest BCUT2D eigenvalue weighted by molar-refractivity contribution is 6.01. The predicted molar refractivity (Wildman–Crippen MR) is 164 cm³/mol. The van der Waals surface area contributed by atoms with Crippen molar-refractivity contribution in [1.29, 1.82) is 0 Å². The Balaban J connectivity index is 1.38. The number of amides is 3. The molecule has 1 saturated heterocycles. The third kappa shape index (κ3) is 8.02. The van der Waals surface area contributed by atoms with Gasteiger partial charge < -0.3 is 35.0 Å². The smallest absolute Gasteiger partial charge is 0.408 e. The number of oxime groups is 1. The van der Waals surface area contributed by atoms with Gasteiger partial charge in [-0.05, 0) is 51.4 Å². The Kier molecular flexibility index (Phi) is 10.7. The SMILES string of the molecule is COC/C(=N\O[C@@H]1C[C@H]2C(=O)N[C@@]3(C(=O)O)C[C@@H]3/C=C\CCCCC[C@@H](NC(=O)OC3CCCC3)C(=O)N2C1)c1ccccc1. The molecule has 45 heavy (non-hydrogen) atoms. The molecule has 3 N–H and O–H groups in total.